The molecule has 0 fully saturated rings. The van der Waals surface area contributed by atoms with Crippen molar-refractivity contribution < 1.29 is 4.39 Å². The van der Waals surface area contributed by atoms with Crippen LogP contribution in [0.2, 0.25) is 0 Å². The average molecular weight is 404 g/mol. The van der Waals surface area contributed by atoms with Gasteiger partial charge in [0, 0.05) is 0 Å². The largest absolute Gasteiger partial charge is 0.341 e. The summed E-state index contributed by atoms with van der Waals surface area (Å²) >= 11 is 1.37. The smallest absolute Gasteiger partial charge is 0.266 e. The van der Waals surface area contributed by atoms with Crippen LogP contribution in [0.4, 0.5) is 4.39 Å². The molecule has 0 aliphatic heterocycles. The van der Waals surface area contributed by atoms with Gasteiger partial charge in [0.1, 0.15) is 28.5 Å². The van der Waals surface area contributed by atoms with Gasteiger partial charge in [-0.15, -0.1) is 0 Å². The summed E-state index contributed by atoms with van der Waals surface area (Å²) in [6.45, 7) is 0. The second-order valence-corrected chi connectivity index (χ2v) is 7.17. The van der Waals surface area contributed by atoms with Crippen molar-refractivity contribution in [3.63, 3.8) is 0 Å². The molecule has 0 atom stereocenters. The highest BCUT2D eigenvalue weighted by Crippen LogP contribution is 2.26. The van der Waals surface area contributed by atoms with Crippen LogP contribution in [-0.4, -0.2) is 29.5 Å². The van der Waals surface area contributed by atoms with E-state index in [1.807, 2.05) is 6.07 Å². The van der Waals surface area contributed by atoms with E-state index in [1.54, 1.807) is 42.7 Å². The SMILES string of the molecule is O=c1c2ccccc2nc(CSc2ncnc3nc[nH]c23)n1-c1ccccc1F. The number of fused-ring (bicyclic) bond motifs is 2. The Morgan fingerprint density at radius 2 is 1.86 bits per heavy atom. The number of hydrogen-bond donors (Lipinski definition) is 1. The molecule has 0 aliphatic carbocycles. The lowest BCUT2D eigenvalue weighted by molar-refractivity contribution is 0.613. The molecule has 0 saturated heterocycles. The summed E-state index contributed by atoms with van der Waals surface area (Å²) in [5.74, 6) is 0.241. The first-order valence-corrected chi connectivity index (χ1v) is 9.73. The maximum absolute atomic E-state index is 14.5. The van der Waals surface area contributed by atoms with Gasteiger partial charge in [-0.05, 0) is 24.3 Å². The summed E-state index contributed by atoms with van der Waals surface area (Å²) in [5, 5.41) is 1.11. The molecule has 0 saturated carbocycles. The molecule has 0 unspecified atom stereocenters. The van der Waals surface area contributed by atoms with Gasteiger partial charge in [0.25, 0.3) is 5.56 Å². The lowest BCUT2D eigenvalue weighted by Crippen LogP contribution is -2.24. The fourth-order valence-corrected chi connectivity index (χ4v) is 4.02. The number of hydrogen-bond acceptors (Lipinski definition) is 6. The summed E-state index contributed by atoms with van der Waals surface area (Å²) in [5.41, 5.74) is 1.68. The zero-order valence-electron chi connectivity index (χ0n) is 14.9. The van der Waals surface area contributed by atoms with Crippen molar-refractivity contribution >= 4 is 33.8 Å². The standard InChI is InChI=1S/C20H13FN6OS/c21-13-6-2-4-8-15(13)27-16(26-14-7-3-1-5-12(14)20(27)28)9-29-19-17-18(23-10-22-17)24-11-25-19/h1-8,10-11H,9H2,(H,22,23,24,25). The fraction of sp³-hybridized carbons (Fsp3) is 0.0500. The fourth-order valence-electron chi connectivity index (χ4n) is 3.14. The lowest BCUT2D eigenvalue weighted by Gasteiger charge is -2.14. The van der Waals surface area contributed by atoms with Crippen molar-refractivity contribution in [3.05, 3.63) is 83.2 Å². The molecule has 5 rings (SSSR count). The van der Waals surface area contributed by atoms with E-state index in [0.717, 1.165) is 0 Å². The molecule has 3 aromatic heterocycles. The zero-order valence-corrected chi connectivity index (χ0v) is 15.7. The molecule has 142 valence electrons. The minimum atomic E-state index is -0.490. The number of nitrogens with one attached hydrogen (secondary N) is 1. The Balaban J connectivity index is 1.66. The van der Waals surface area contributed by atoms with E-state index in [-0.39, 0.29) is 11.2 Å². The van der Waals surface area contributed by atoms with Crippen molar-refractivity contribution in [2.24, 2.45) is 0 Å². The predicted octanol–water partition coefficient (Wildman–Crippen LogP) is 3.48. The van der Waals surface area contributed by atoms with Gasteiger partial charge >= 0.3 is 0 Å². The van der Waals surface area contributed by atoms with E-state index >= 15 is 0 Å². The maximum Gasteiger partial charge on any atom is 0.266 e. The van der Waals surface area contributed by atoms with Crippen LogP contribution in [0.3, 0.4) is 0 Å². The Kier molecular flexibility index (Phi) is 4.28. The van der Waals surface area contributed by atoms with Crippen LogP contribution in [0.1, 0.15) is 5.82 Å². The molecule has 0 spiro atoms. The third-order valence-electron chi connectivity index (χ3n) is 4.46. The van der Waals surface area contributed by atoms with E-state index in [9.17, 15) is 9.18 Å². The third kappa shape index (κ3) is 3.05. The van der Waals surface area contributed by atoms with Crippen molar-refractivity contribution in [1.29, 1.82) is 0 Å². The van der Waals surface area contributed by atoms with Crippen LogP contribution in [0, 0.1) is 5.82 Å². The van der Waals surface area contributed by atoms with Gasteiger partial charge in [-0.25, -0.2) is 24.3 Å². The minimum absolute atomic E-state index is 0.167. The van der Waals surface area contributed by atoms with E-state index < -0.39 is 5.82 Å². The van der Waals surface area contributed by atoms with Crippen LogP contribution in [0.15, 0.2) is 71.0 Å². The molecule has 0 aliphatic rings. The van der Waals surface area contributed by atoms with Crippen LogP contribution < -0.4 is 5.56 Å². The topological polar surface area (TPSA) is 89.3 Å². The van der Waals surface area contributed by atoms with E-state index in [4.69, 9.17) is 0 Å². The average Bonchev–Trinajstić information content (AvgIpc) is 3.23. The quantitative estimate of drug-likeness (QED) is 0.364. The lowest BCUT2D eigenvalue weighted by atomic mass is 10.2. The normalized spacial score (nSPS) is 11.3. The molecule has 0 radical (unpaired) electrons. The molecule has 0 amide bonds. The van der Waals surface area contributed by atoms with E-state index in [2.05, 4.69) is 24.9 Å². The minimum Gasteiger partial charge on any atom is -0.341 e. The molecular weight excluding hydrogens is 391 g/mol. The second-order valence-electron chi connectivity index (χ2n) is 6.21. The molecule has 5 aromatic rings. The van der Waals surface area contributed by atoms with Crippen molar-refractivity contribution in [2.75, 3.05) is 0 Å². The highest BCUT2D eigenvalue weighted by Gasteiger charge is 2.16. The number of aromatic nitrogens is 6. The number of rotatable bonds is 4. The van der Waals surface area contributed by atoms with E-state index in [1.165, 1.54) is 28.7 Å². The maximum atomic E-state index is 14.5. The number of para-hydroxylation sites is 2. The number of aromatic amines is 1. The first kappa shape index (κ1) is 17.5. The molecule has 0 bridgehead atoms. The van der Waals surface area contributed by atoms with Gasteiger partial charge in [0.2, 0.25) is 0 Å². The van der Waals surface area contributed by atoms with Crippen molar-refractivity contribution in [1.82, 2.24) is 29.5 Å². The summed E-state index contributed by atoms with van der Waals surface area (Å²) in [6.07, 6.45) is 2.98. The van der Waals surface area contributed by atoms with Gasteiger partial charge in [0.15, 0.2) is 5.65 Å². The van der Waals surface area contributed by atoms with Crippen molar-refractivity contribution in [2.45, 2.75) is 10.8 Å². The predicted molar refractivity (Wildman–Crippen MR) is 109 cm³/mol. The van der Waals surface area contributed by atoms with Gasteiger partial charge in [-0.2, -0.15) is 0 Å². The van der Waals surface area contributed by atoms with Crippen molar-refractivity contribution in [3.8, 4) is 5.69 Å². The summed E-state index contributed by atoms with van der Waals surface area (Å²) < 4.78 is 15.9. The summed E-state index contributed by atoms with van der Waals surface area (Å²) in [6, 6.07) is 13.2. The number of nitrogens with zero attached hydrogens (tertiary/aromatic N) is 5. The van der Waals surface area contributed by atoms with E-state index in [0.29, 0.717) is 38.7 Å². The van der Waals surface area contributed by atoms with Gasteiger partial charge in [-0.1, -0.05) is 36.0 Å². The van der Waals surface area contributed by atoms with Gasteiger partial charge in [0.05, 0.1) is 28.7 Å². The van der Waals surface area contributed by atoms with Crippen LogP contribution >= 0.6 is 11.8 Å². The Bertz CT molecular complexity index is 1410. The molecule has 7 nitrogen and oxygen atoms in total. The Morgan fingerprint density at radius 3 is 2.76 bits per heavy atom. The van der Waals surface area contributed by atoms with Crippen LogP contribution in [-0.2, 0) is 5.75 Å². The molecule has 9 heteroatoms. The Morgan fingerprint density at radius 1 is 1.03 bits per heavy atom. The number of H-pyrrole nitrogens is 1. The van der Waals surface area contributed by atoms with Gasteiger partial charge in [-0.3, -0.25) is 9.36 Å². The van der Waals surface area contributed by atoms with Gasteiger partial charge < -0.3 is 4.98 Å². The molecular formula is C20H13FN6OS. The number of halogens is 1. The first-order chi connectivity index (χ1) is 14.2. The van der Waals surface area contributed by atoms with Crippen LogP contribution in [0.25, 0.3) is 27.8 Å². The molecule has 2 aromatic carbocycles. The third-order valence-corrected chi connectivity index (χ3v) is 5.45. The molecule has 29 heavy (non-hydrogen) atoms. The first-order valence-electron chi connectivity index (χ1n) is 8.75. The highest BCUT2D eigenvalue weighted by atomic mass is 32.2. The second kappa shape index (κ2) is 7.10. The zero-order chi connectivity index (χ0) is 19.8. The summed E-state index contributed by atoms with van der Waals surface area (Å²) in [7, 11) is 0. The summed E-state index contributed by atoms with van der Waals surface area (Å²) in [4.78, 5) is 33.4. The Labute approximate surface area is 167 Å². The number of imidazole rings is 1. The molecule has 1 N–H and O–H groups in total. The number of thioether (sulfide) groups is 1. The molecule has 3 heterocycles. The monoisotopic (exact) mass is 404 g/mol. The highest BCUT2D eigenvalue weighted by molar-refractivity contribution is 7.98. The van der Waals surface area contributed by atoms with Crippen LogP contribution in [0.5, 0.6) is 0 Å². The Hall–Kier alpha value is -3.59. The number of benzene rings is 2.